The highest BCUT2D eigenvalue weighted by Gasteiger charge is 2.21. The molecule has 0 saturated carbocycles. The van der Waals surface area contributed by atoms with E-state index >= 15 is 0 Å². The summed E-state index contributed by atoms with van der Waals surface area (Å²) < 4.78 is 1.85. The third-order valence-electron chi connectivity index (χ3n) is 4.56. The molecule has 1 aliphatic heterocycles. The van der Waals surface area contributed by atoms with E-state index in [1.165, 1.54) is 11.1 Å². The Hall–Kier alpha value is -3.52. The van der Waals surface area contributed by atoms with Crippen LogP contribution in [0.1, 0.15) is 17.0 Å². The summed E-state index contributed by atoms with van der Waals surface area (Å²) in [6.07, 6.45) is 5.70. The SMILES string of the molecule is Cc1ccc([N+]2=CC(C=C(C#N)c3nc4ccccc4[nH]3)C=N2)cc1C. The molecule has 0 radical (unpaired) electrons. The lowest BCUT2D eigenvalue weighted by Gasteiger charge is -1.98. The van der Waals surface area contributed by atoms with Crippen LogP contribution in [0.25, 0.3) is 16.6 Å². The van der Waals surface area contributed by atoms with E-state index in [9.17, 15) is 5.26 Å². The molecular weight excluding hydrogens is 322 g/mol. The molecular formula is C21H18N5+. The molecule has 26 heavy (non-hydrogen) atoms. The molecule has 0 aliphatic carbocycles. The highest BCUT2D eigenvalue weighted by molar-refractivity contribution is 5.91. The second kappa shape index (κ2) is 6.41. The predicted octanol–water partition coefficient (Wildman–Crippen LogP) is 4.12. The summed E-state index contributed by atoms with van der Waals surface area (Å²) in [7, 11) is 0. The van der Waals surface area contributed by atoms with Crippen LogP contribution in [0.4, 0.5) is 5.69 Å². The van der Waals surface area contributed by atoms with E-state index in [1.807, 2.05) is 53.5 Å². The molecule has 1 aliphatic rings. The molecule has 0 bridgehead atoms. The minimum Gasteiger partial charge on any atom is -0.337 e. The minimum atomic E-state index is -0.0560. The molecule has 126 valence electrons. The fraction of sp³-hybridized carbons (Fsp3) is 0.143. The fourth-order valence-corrected chi connectivity index (χ4v) is 2.94. The van der Waals surface area contributed by atoms with Gasteiger partial charge in [-0.25, -0.2) is 4.98 Å². The van der Waals surface area contributed by atoms with Gasteiger partial charge in [-0.05, 0) is 48.3 Å². The Morgan fingerprint density at radius 3 is 2.81 bits per heavy atom. The highest BCUT2D eigenvalue weighted by atomic mass is 15.4. The molecule has 1 unspecified atom stereocenters. The van der Waals surface area contributed by atoms with Crippen LogP contribution in [0.5, 0.6) is 0 Å². The van der Waals surface area contributed by atoms with Gasteiger partial charge in [0.1, 0.15) is 17.8 Å². The number of rotatable bonds is 3. The molecule has 1 N–H and O–H groups in total. The lowest BCUT2D eigenvalue weighted by atomic mass is 10.1. The van der Waals surface area contributed by atoms with Gasteiger partial charge in [0.15, 0.2) is 6.21 Å². The Morgan fingerprint density at radius 2 is 2.04 bits per heavy atom. The largest absolute Gasteiger partial charge is 0.337 e. The molecule has 2 heterocycles. The van der Waals surface area contributed by atoms with Crippen molar-refractivity contribution in [1.82, 2.24) is 9.97 Å². The Labute approximate surface area is 151 Å². The number of benzene rings is 2. The van der Waals surface area contributed by atoms with Crippen molar-refractivity contribution in [3.05, 3.63) is 65.5 Å². The van der Waals surface area contributed by atoms with Gasteiger partial charge in [-0.3, -0.25) is 0 Å². The number of hydrazone groups is 1. The lowest BCUT2D eigenvalue weighted by molar-refractivity contribution is -0.437. The zero-order valence-electron chi connectivity index (χ0n) is 14.6. The number of nitrogens with zero attached hydrogens (tertiary/aromatic N) is 4. The standard InChI is InChI=1S/C21H18N5/c1-14-7-8-18(9-15(14)2)26-13-16(12-23-26)10-17(11-22)21-24-19-5-3-4-6-20(19)25-21/h3-10,12-13,16H,1-2H3,(H,24,25)/q+1. The van der Waals surface area contributed by atoms with E-state index in [-0.39, 0.29) is 5.92 Å². The Bertz CT molecular complexity index is 1090. The maximum absolute atomic E-state index is 9.56. The van der Waals surface area contributed by atoms with E-state index in [0.717, 1.165) is 16.7 Å². The number of fused-ring (bicyclic) bond motifs is 1. The molecule has 4 rings (SSSR count). The second-order valence-corrected chi connectivity index (χ2v) is 6.40. The summed E-state index contributed by atoms with van der Waals surface area (Å²) in [5.74, 6) is 0.527. The Kier molecular flexibility index (Phi) is 3.94. The number of hydrogen-bond donors (Lipinski definition) is 1. The van der Waals surface area contributed by atoms with Crippen molar-refractivity contribution in [1.29, 1.82) is 5.26 Å². The fourth-order valence-electron chi connectivity index (χ4n) is 2.94. The molecule has 2 aromatic carbocycles. The van der Waals surface area contributed by atoms with Gasteiger partial charge in [-0.15, -0.1) is 0 Å². The van der Waals surface area contributed by atoms with Crippen molar-refractivity contribution in [3.63, 3.8) is 0 Å². The number of allylic oxidation sites excluding steroid dienone is 2. The van der Waals surface area contributed by atoms with Gasteiger partial charge in [0, 0.05) is 12.1 Å². The number of aryl methyl sites for hydroxylation is 2. The maximum Gasteiger partial charge on any atom is 0.238 e. The highest BCUT2D eigenvalue weighted by Crippen LogP contribution is 2.21. The zero-order chi connectivity index (χ0) is 18.1. The number of para-hydroxylation sites is 2. The van der Waals surface area contributed by atoms with Crippen LogP contribution in [-0.4, -0.2) is 27.1 Å². The first-order valence-electron chi connectivity index (χ1n) is 8.46. The molecule has 1 atom stereocenters. The zero-order valence-corrected chi connectivity index (χ0v) is 14.6. The van der Waals surface area contributed by atoms with Gasteiger partial charge in [0.25, 0.3) is 0 Å². The summed E-state index contributed by atoms with van der Waals surface area (Å²) in [6.45, 7) is 4.18. The van der Waals surface area contributed by atoms with Crippen LogP contribution in [0.15, 0.2) is 53.6 Å². The smallest absolute Gasteiger partial charge is 0.238 e. The summed E-state index contributed by atoms with van der Waals surface area (Å²) in [5, 5.41) is 14.0. The number of H-pyrrole nitrogens is 1. The normalized spacial score (nSPS) is 16.7. The topological polar surface area (TPSA) is 67.8 Å². The monoisotopic (exact) mass is 340 g/mol. The van der Waals surface area contributed by atoms with Gasteiger partial charge in [-0.2, -0.15) is 5.26 Å². The number of hydrogen-bond acceptors (Lipinski definition) is 3. The van der Waals surface area contributed by atoms with Crippen LogP contribution in [0.2, 0.25) is 0 Å². The van der Waals surface area contributed by atoms with Crippen LogP contribution in [-0.2, 0) is 0 Å². The summed E-state index contributed by atoms with van der Waals surface area (Å²) >= 11 is 0. The van der Waals surface area contributed by atoms with Crippen molar-refractivity contribution in [2.75, 3.05) is 0 Å². The van der Waals surface area contributed by atoms with Crippen LogP contribution < -0.4 is 0 Å². The molecule has 3 aromatic rings. The van der Waals surface area contributed by atoms with E-state index in [0.29, 0.717) is 11.4 Å². The third kappa shape index (κ3) is 2.93. The van der Waals surface area contributed by atoms with Crippen molar-refractivity contribution >= 4 is 34.7 Å². The quantitative estimate of drug-likeness (QED) is 0.576. The third-order valence-corrected chi connectivity index (χ3v) is 4.56. The average Bonchev–Trinajstić information content (AvgIpc) is 3.28. The summed E-state index contributed by atoms with van der Waals surface area (Å²) in [5.41, 5.74) is 5.78. The van der Waals surface area contributed by atoms with Gasteiger partial charge in [0.05, 0.1) is 22.8 Å². The first-order chi connectivity index (χ1) is 12.6. The van der Waals surface area contributed by atoms with Crippen molar-refractivity contribution < 1.29 is 4.68 Å². The van der Waals surface area contributed by atoms with E-state index in [1.54, 1.807) is 0 Å². The number of aromatic nitrogens is 2. The van der Waals surface area contributed by atoms with Crippen molar-refractivity contribution in [3.8, 4) is 6.07 Å². The molecule has 0 saturated heterocycles. The molecule has 1 aromatic heterocycles. The molecule has 0 spiro atoms. The van der Waals surface area contributed by atoms with E-state index in [2.05, 4.69) is 47.1 Å². The van der Waals surface area contributed by atoms with Crippen LogP contribution in [0, 0.1) is 31.1 Å². The van der Waals surface area contributed by atoms with Crippen molar-refractivity contribution in [2.45, 2.75) is 13.8 Å². The van der Waals surface area contributed by atoms with Gasteiger partial charge in [-0.1, -0.05) is 22.9 Å². The van der Waals surface area contributed by atoms with Crippen LogP contribution >= 0.6 is 0 Å². The summed E-state index contributed by atoms with van der Waals surface area (Å²) in [4.78, 5) is 7.71. The molecule has 5 heteroatoms. The average molecular weight is 340 g/mol. The molecule has 0 amide bonds. The Balaban J connectivity index is 1.64. The van der Waals surface area contributed by atoms with E-state index in [4.69, 9.17) is 0 Å². The van der Waals surface area contributed by atoms with Gasteiger partial charge < -0.3 is 4.98 Å². The second-order valence-electron chi connectivity index (χ2n) is 6.40. The maximum atomic E-state index is 9.56. The first-order valence-corrected chi connectivity index (χ1v) is 8.46. The van der Waals surface area contributed by atoms with E-state index < -0.39 is 0 Å². The minimum absolute atomic E-state index is 0.0560. The predicted molar refractivity (Wildman–Crippen MR) is 104 cm³/mol. The molecule has 5 nitrogen and oxygen atoms in total. The van der Waals surface area contributed by atoms with Crippen LogP contribution in [0.3, 0.4) is 0 Å². The number of nitrogens with one attached hydrogen (secondary N) is 1. The van der Waals surface area contributed by atoms with Crippen molar-refractivity contribution in [2.24, 2.45) is 11.0 Å². The summed E-state index contributed by atoms with van der Waals surface area (Å²) in [6, 6.07) is 16.2. The lowest BCUT2D eigenvalue weighted by Crippen LogP contribution is -2.01. The van der Waals surface area contributed by atoms with Gasteiger partial charge in [0.2, 0.25) is 5.69 Å². The number of aromatic amines is 1. The Morgan fingerprint density at radius 1 is 1.19 bits per heavy atom. The number of imidazole rings is 1. The number of nitriles is 1. The van der Waals surface area contributed by atoms with Gasteiger partial charge >= 0.3 is 0 Å². The molecule has 0 fully saturated rings. The first kappa shape index (κ1) is 16.0.